The SMILES string of the molecule is N=C(N)P(=O)(C(=N)N)c1ccccc1. The monoisotopic (exact) mass is 210 g/mol. The third-order valence-electron chi connectivity index (χ3n) is 1.80. The van der Waals surface area contributed by atoms with Gasteiger partial charge in [-0.1, -0.05) is 30.3 Å². The van der Waals surface area contributed by atoms with Crippen LogP contribution >= 0.6 is 7.14 Å². The molecule has 0 aliphatic heterocycles. The van der Waals surface area contributed by atoms with Gasteiger partial charge in [0.15, 0.2) is 11.2 Å². The molecule has 0 aromatic heterocycles. The molecule has 5 nitrogen and oxygen atoms in total. The minimum Gasteiger partial charge on any atom is -0.381 e. The van der Waals surface area contributed by atoms with Crippen LogP contribution in [-0.2, 0) is 4.57 Å². The molecule has 1 aromatic carbocycles. The van der Waals surface area contributed by atoms with Gasteiger partial charge in [-0.2, -0.15) is 0 Å². The Morgan fingerprint density at radius 1 is 1.07 bits per heavy atom. The average molecular weight is 210 g/mol. The molecule has 0 heterocycles. The van der Waals surface area contributed by atoms with Crippen LogP contribution in [-0.4, -0.2) is 11.2 Å². The van der Waals surface area contributed by atoms with Crippen molar-refractivity contribution in [3.8, 4) is 0 Å². The molecule has 0 spiro atoms. The predicted molar refractivity (Wildman–Crippen MR) is 57.5 cm³/mol. The third-order valence-corrected chi connectivity index (χ3v) is 4.18. The summed E-state index contributed by atoms with van der Waals surface area (Å²) < 4.78 is 12.1. The maximum Gasteiger partial charge on any atom is 0.235 e. The molecular formula is C8H11N4OP. The Labute approximate surface area is 81.5 Å². The highest BCUT2D eigenvalue weighted by atomic mass is 31.2. The highest BCUT2D eigenvalue weighted by molar-refractivity contribution is 8.00. The van der Waals surface area contributed by atoms with E-state index < -0.39 is 18.3 Å². The minimum absolute atomic E-state index is 0.319. The van der Waals surface area contributed by atoms with E-state index in [2.05, 4.69) is 0 Å². The summed E-state index contributed by atoms with van der Waals surface area (Å²) in [5.41, 5.74) is 9.29. The van der Waals surface area contributed by atoms with Gasteiger partial charge in [0, 0.05) is 5.30 Å². The van der Waals surface area contributed by atoms with Gasteiger partial charge in [0.1, 0.15) is 0 Å². The van der Waals surface area contributed by atoms with Crippen LogP contribution in [0.3, 0.4) is 0 Å². The van der Waals surface area contributed by atoms with E-state index in [1.165, 1.54) is 0 Å². The Hall–Kier alpha value is -1.61. The van der Waals surface area contributed by atoms with E-state index in [4.69, 9.17) is 22.3 Å². The summed E-state index contributed by atoms with van der Waals surface area (Å²) in [7, 11) is -3.49. The smallest absolute Gasteiger partial charge is 0.235 e. The number of benzene rings is 1. The first-order valence-electron chi connectivity index (χ1n) is 3.84. The quantitative estimate of drug-likeness (QED) is 0.330. The van der Waals surface area contributed by atoms with Crippen LogP contribution < -0.4 is 16.8 Å². The summed E-state index contributed by atoms with van der Waals surface area (Å²) in [6.45, 7) is 0. The lowest BCUT2D eigenvalue weighted by molar-refractivity contribution is 0.594. The van der Waals surface area contributed by atoms with Crippen molar-refractivity contribution < 1.29 is 4.57 Å². The largest absolute Gasteiger partial charge is 0.381 e. The first-order valence-corrected chi connectivity index (χ1v) is 5.55. The molecule has 0 saturated heterocycles. The normalized spacial score (nSPS) is 14.3. The van der Waals surface area contributed by atoms with Gasteiger partial charge in [0.2, 0.25) is 7.14 Å². The summed E-state index contributed by atoms with van der Waals surface area (Å²) in [4.78, 5) is 0. The number of hydrogen-bond donors (Lipinski definition) is 4. The van der Waals surface area contributed by atoms with E-state index in [0.717, 1.165) is 0 Å². The van der Waals surface area contributed by atoms with Gasteiger partial charge < -0.3 is 16.0 Å². The molecule has 0 amide bonds. The van der Waals surface area contributed by atoms with Crippen molar-refractivity contribution in [2.45, 2.75) is 0 Å². The number of amidine groups is 2. The fraction of sp³-hybridized carbons (Fsp3) is 0. The second-order valence-corrected chi connectivity index (χ2v) is 5.41. The first kappa shape index (κ1) is 10.5. The van der Waals surface area contributed by atoms with Crippen LogP contribution in [0.15, 0.2) is 30.3 Å². The highest BCUT2D eigenvalue weighted by Crippen LogP contribution is 2.42. The topological polar surface area (TPSA) is 117 Å². The van der Waals surface area contributed by atoms with Gasteiger partial charge in [-0.25, -0.2) is 0 Å². The molecule has 1 aromatic rings. The van der Waals surface area contributed by atoms with Gasteiger partial charge in [-0.05, 0) is 0 Å². The second-order valence-electron chi connectivity index (χ2n) is 2.72. The Balaban J connectivity index is 3.35. The summed E-state index contributed by atoms with van der Waals surface area (Å²) >= 11 is 0. The van der Waals surface area contributed by atoms with Gasteiger partial charge in [-0.3, -0.25) is 10.8 Å². The van der Waals surface area contributed by atoms with Crippen LogP contribution in [0.1, 0.15) is 0 Å². The lowest BCUT2D eigenvalue weighted by Gasteiger charge is -2.14. The molecule has 0 atom stereocenters. The third kappa shape index (κ3) is 1.54. The molecule has 0 saturated carbocycles. The average Bonchev–Trinajstić information content (AvgIpc) is 2.17. The molecule has 1 rings (SSSR count). The van der Waals surface area contributed by atoms with Crippen LogP contribution in [0.5, 0.6) is 0 Å². The molecule has 74 valence electrons. The fourth-order valence-electron chi connectivity index (χ4n) is 1.05. The Morgan fingerprint density at radius 2 is 1.50 bits per heavy atom. The lowest BCUT2D eigenvalue weighted by atomic mass is 10.4. The van der Waals surface area contributed by atoms with Crippen LogP contribution in [0, 0.1) is 10.8 Å². The van der Waals surface area contributed by atoms with Gasteiger partial charge in [0.05, 0.1) is 0 Å². The van der Waals surface area contributed by atoms with Crippen molar-refractivity contribution >= 4 is 23.6 Å². The zero-order valence-electron chi connectivity index (χ0n) is 7.40. The maximum atomic E-state index is 12.1. The van der Waals surface area contributed by atoms with Crippen molar-refractivity contribution in [1.29, 1.82) is 10.8 Å². The van der Waals surface area contributed by atoms with Crippen molar-refractivity contribution in [1.82, 2.24) is 0 Å². The fourth-order valence-corrected chi connectivity index (χ4v) is 2.45. The van der Waals surface area contributed by atoms with E-state index in [1.54, 1.807) is 30.3 Å². The van der Waals surface area contributed by atoms with E-state index in [1.807, 2.05) is 0 Å². The number of rotatable bonds is 3. The van der Waals surface area contributed by atoms with E-state index >= 15 is 0 Å². The summed E-state index contributed by atoms with van der Waals surface area (Å²) in [5.74, 6) is 0. The molecule has 0 unspecified atom stereocenters. The van der Waals surface area contributed by atoms with E-state index in [0.29, 0.717) is 5.30 Å². The zero-order chi connectivity index (χ0) is 10.8. The molecular weight excluding hydrogens is 199 g/mol. The standard InChI is InChI=1S/C8H11N4OP/c9-7(10)14(13,8(11)12)6-4-2-1-3-5-6/h1-5H,(H3,9,10)(H3,11,12). The molecule has 0 bridgehead atoms. The van der Waals surface area contributed by atoms with Crippen LogP contribution in [0.2, 0.25) is 0 Å². The van der Waals surface area contributed by atoms with Gasteiger partial charge >= 0.3 is 0 Å². The maximum absolute atomic E-state index is 12.1. The summed E-state index contributed by atoms with van der Waals surface area (Å²) in [5, 5.41) is 14.7. The zero-order valence-corrected chi connectivity index (χ0v) is 8.29. The molecule has 14 heavy (non-hydrogen) atoms. The summed E-state index contributed by atoms with van der Waals surface area (Å²) in [6, 6.07) is 8.16. The second kappa shape index (κ2) is 3.64. The molecule has 0 radical (unpaired) electrons. The Morgan fingerprint density at radius 3 is 1.86 bits per heavy atom. The predicted octanol–water partition coefficient (Wildman–Crippen LogP) is 0.462. The first-order chi connectivity index (χ1) is 6.49. The van der Waals surface area contributed by atoms with Gasteiger partial charge in [0.25, 0.3) is 0 Å². The van der Waals surface area contributed by atoms with Crippen molar-refractivity contribution in [3.05, 3.63) is 30.3 Å². The highest BCUT2D eigenvalue weighted by Gasteiger charge is 2.32. The minimum atomic E-state index is -3.49. The molecule has 6 heteroatoms. The van der Waals surface area contributed by atoms with Crippen molar-refractivity contribution in [3.63, 3.8) is 0 Å². The molecule has 0 fully saturated rings. The van der Waals surface area contributed by atoms with Crippen molar-refractivity contribution in [2.24, 2.45) is 11.5 Å². The molecule has 6 N–H and O–H groups in total. The lowest BCUT2D eigenvalue weighted by Crippen LogP contribution is -2.28. The Kier molecular flexibility index (Phi) is 2.72. The molecule has 0 aliphatic carbocycles. The van der Waals surface area contributed by atoms with Crippen molar-refractivity contribution in [2.75, 3.05) is 0 Å². The Bertz CT molecular complexity index is 397. The van der Waals surface area contributed by atoms with E-state index in [-0.39, 0.29) is 0 Å². The number of nitrogens with one attached hydrogen (secondary N) is 2. The summed E-state index contributed by atoms with van der Waals surface area (Å²) in [6.07, 6.45) is 0. The number of nitrogens with two attached hydrogens (primary N) is 2. The number of hydrogen-bond acceptors (Lipinski definition) is 3. The van der Waals surface area contributed by atoms with Gasteiger partial charge in [-0.15, -0.1) is 0 Å². The van der Waals surface area contributed by atoms with E-state index in [9.17, 15) is 4.57 Å². The van der Waals surface area contributed by atoms with Crippen LogP contribution in [0.25, 0.3) is 0 Å². The molecule has 0 aliphatic rings. The van der Waals surface area contributed by atoms with Crippen LogP contribution in [0.4, 0.5) is 0 Å².